The molecule has 0 radical (unpaired) electrons. The monoisotopic (exact) mass is 307 g/mol. The summed E-state index contributed by atoms with van der Waals surface area (Å²) in [4.78, 5) is 11.5. The van der Waals surface area contributed by atoms with Crippen LogP contribution >= 0.6 is 10.7 Å². The molecule has 1 aromatic rings. The molecule has 0 unspecified atom stereocenters. The molecule has 0 spiro atoms. The number of benzene rings is 1. The molecule has 0 saturated carbocycles. The van der Waals surface area contributed by atoms with Crippen molar-refractivity contribution in [1.29, 1.82) is 0 Å². The first-order valence-electron chi connectivity index (χ1n) is 5.80. The van der Waals surface area contributed by atoms with Gasteiger partial charge in [-0.1, -0.05) is 13.3 Å². The van der Waals surface area contributed by atoms with Crippen LogP contribution in [-0.4, -0.2) is 20.9 Å². The van der Waals surface area contributed by atoms with Crippen LogP contribution in [0.1, 0.15) is 35.7 Å². The molecule has 0 aromatic heterocycles. The van der Waals surface area contributed by atoms with E-state index in [2.05, 4.69) is 5.32 Å². The van der Waals surface area contributed by atoms with Gasteiger partial charge in [-0.2, -0.15) is 0 Å². The lowest BCUT2D eigenvalue weighted by Gasteiger charge is -2.08. The first kappa shape index (κ1) is 15.9. The molecule has 0 aliphatic carbocycles. The zero-order valence-corrected chi connectivity index (χ0v) is 12.2. The number of hydrogen-bond acceptors (Lipinski definition) is 3. The topological polar surface area (TPSA) is 63.2 Å². The van der Waals surface area contributed by atoms with E-state index in [9.17, 15) is 17.6 Å². The van der Waals surface area contributed by atoms with E-state index < -0.39 is 20.8 Å². The Bertz CT molecular complexity index is 587. The Morgan fingerprint density at radius 1 is 1.42 bits per heavy atom. The fraction of sp³-hybridized carbons (Fsp3) is 0.417. The zero-order valence-electron chi connectivity index (χ0n) is 10.7. The Balaban J connectivity index is 3.13. The largest absolute Gasteiger partial charge is 0.352 e. The Hall–Kier alpha value is -1.14. The maximum Gasteiger partial charge on any atom is 0.261 e. The third-order valence-electron chi connectivity index (χ3n) is 2.57. The van der Waals surface area contributed by atoms with Crippen LogP contribution < -0.4 is 5.32 Å². The van der Waals surface area contributed by atoms with E-state index in [1.165, 1.54) is 6.92 Å². The van der Waals surface area contributed by atoms with Crippen molar-refractivity contribution >= 4 is 25.6 Å². The lowest BCUT2D eigenvalue weighted by atomic mass is 10.1. The number of aryl methyl sites for hydroxylation is 1. The first-order valence-corrected chi connectivity index (χ1v) is 8.11. The average Bonchev–Trinajstić information content (AvgIpc) is 2.31. The molecule has 0 heterocycles. The lowest BCUT2D eigenvalue weighted by Crippen LogP contribution is -2.25. The van der Waals surface area contributed by atoms with Crippen molar-refractivity contribution < 1.29 is 17.6 Å². The van der Waals surface area contributed by atoms with Gasteiger partial charge in [-0.25, -0.2) is 12.8 Å². The molecule has 0 aliphatic heterocycles. The quantitative estimate of drug-likeness (QED) is 0.672. The average molecular weight is 308 g/mol. The van der Waals surface area contributed by atoms with Gasteiger partial charge in [0, 0.05) is 17.2 Å². The van der Waals surface area contributed by atoms with E-state index in [1.54, 1.807) is 0 Å². The van der Waals surface area contributed by atoms with Crippen molar-refractivity contribution in [1.82, 2.24) is 5.32 Å². The highest BCUT2D eigenvalue weighted by Gasteiger charge is 2.19. The summed E-state index contributed by atoms with van der Waals surface area (Å²) in [5, 5.41) is 2.53. The third kappa shape index (κ3) is 4.18. The Morgan fingerprint density at radius 2 is 2.05 bits per heavy atom. The van der Waals surface area contributed by atoms with E-state index in [1.807, 2.05) is 6.92 Å². The second-order valence-electron chi connectivity index (χ2n) is 4.15. The maximum absolute atomic E-state index is 13.8. The number of halogens is 2. The van der Waals surface area contributed by atoms with Gasteiger partial charge in [-0.3, -0.25) is 4.79 Å². The van der Waals surface area contributed by atoms with E-state index in [-0.39, 0.29) is 16.0 Å². The zero-order chi connectivity index (χ0) is 14.6. The Labute approximate surface area is 116 Å². The number of carbonyl (C=O) groups excluding carboxylic acids is 1. The third-order valence-corrected chi connectivity index (χ3v) is 3.90. The van der Waals surface area contributed by atoms with E-state index in [4.69, 9.17) is 10.7 Å². The minimum absolute atomic E-state index is 0.0577. The molecule has 1 N–H and O–H groups in total. The molecule has 0 atom stereocenters. The van der Waals surface area contributed by atoms with Crippen molar-refractivity contribution in [3.63, 3.8) is 0 Å². The van der Waals surface area contributed by atoms with Crippen molar-refractivity contribution in [3.05, 3.63) is 29.1 Å². The van der Waals surface area contributed by atoms with E-state index in [0.29, 0.717) is 6.54 Å². The van der Waals surface area contributed by atoms with Gasteiger partial charge < -0.3 is 5.32 Å². The number of nitrogens with one attached hydrogen (secondary N) is 1. The SMILES string of the molecule is CCCCNC(=O)c1cc(S(=O)(=O)Cl)cc(C)c1F. The number of rotatable bonds is 5. The second-order valence-corrected chi connectivity index (χ2v) is 6.71. The highest BCUT2D eigenvalue weighted by Crippen LogP contribution is 2.22. The fourth-order valence-electron chi connectivity index (χ4n) is 1.52. The number of amides is 1. The van der Waals surface area contributed by atoms with Crippen LogP contribution in [0.3, 0.4) is 0 Å². The van der Waals surface area contributed by atoms with Crippen LogP contribution in [0.2, 0.25) is 0 Å². The van der Waals surface area contributed by atoms with Gasteiger partial charge in [0.1, 0.15) is 5.82 Å². The molecular weight excluding hydrogens is 293 g/mol. The van der Waals surface area contributed by atoms with Crippen molar-refractivity contribution in [2.45, 2.75) is 31.6 Å². The molecule has 106 valence electrons. The predicted molar refractivity (Wildman–Crippen MR) is 71.4 cm³/mol. The molecular formula is C12H15ClFNO3S. The van der Waals surface area contributed by atoms with Gasteiger partial charge in [0.2, 0.25) is 0 Å². The molecule has 0 fully saturated rings. The Kier molecular flexibility index (Phi) is 5.31. The minimum Gasteiger partial charge on any atom is -0.352 e. The van der Waals surface area contributed by atoms with Gasteiger partial charge >= 0.3 is 0 Å². The van der Waals surface area contributed by atoms with Crippen LogP contribution in [0.4, 0.5) is 4.39 Å². The van der Waals surface area contributed by atoms with E-state index >= 15 is 0 Å². The van der Waals surface area contributed by atoms with Gasteiger partial charge in [0.05, 0.1) is 10.5 Å². The number of hydrogen-bond donors (Lipinski definition) is 1. The van der Waals surface area contributed by atoms with Gasteiger partial charge in [-0.15, -0.1) is 0 Å². The smallest absolute Gasteiger partial charge is 0.261 e. The number of unbranched alkanes of at least 4 members (excludes halogenated alkanes) is 1. The molecule has 1 aromatic carbocycles. The van der Waals surface area contributed by atoms with Crippen LogP contribution in [0.5, 0.6) is 0 Å². The maximum atomic E-state index is 13.8. The molecule has 0 bridgehead atoms. The van der Waals surface area contributed by atoms with Crippen LogP contribution in [0.25, 0.3) is 0 Å². The van der Waals surface area contributed by atoms with Crippen LogP contribution in [0.15, 0.2) is 17.0 Å². The summed E-state index contributed by atoms with van der Waals surface area (Å²) >= 11 is 0. The van der Waals surface area contributed by atoms with Crippen molar-refractivity contribution in [2.24, 2.45) is 0 Å². The molecule has 7 heteroatoms. The second kappa shape index (κ2) is 6.34. The van der Waals surface area contributed by atoms with Crippen molar-refractivity contribution in [3.8, 4) is 0 Å². The summed E-state index contributed by atoms with van der Waals surface area (Å²) in [6.07, 6.45) is 1.65. The molecule has 0 aliphatic rings. The molecule has 19 heavy (non-hydrogen) atoms. The molecule has 0 saturated heterocycles. The predicted octanol–water partition coefficient (Wildman–Crippen LogP) is 2.59. The van der Waals surface area contributed by atoms with Crippen LogP contribution in [-0.2, 0) is 9.05 Å². The van der Waals surface area contributed by atoms with Gasteiger partial charge in [0.25, 0.3) is 15.0 Å². The molecule has 4 nitrogen and oxygen atoms in total. The highest BCUT2D eigenvalue weighted by atomic mass is 35.7. The number of carbonyl (C=O) groups is 1. The fourth-order valence-corrected chi connectivity index (χ4v) is 2.36. The van der Waals surface area contributed by atoms with Gasteiger partial charge in [0.15, 0.2) is 0 Å². The van der Waals surface area contributed by atoms with Crippen LogP contribution in [0, 0.1) is 12.7 Å². The summed E-state index contributed by atoms with van der Waals surface area (Å²) < 4.78 is 36.3. The highest BCUT2D eigenvalue weighted by molar-refractivity contribution is 8.13. The summed E-state index contributed by atoms with van der Waals surface area (Å²) in [6.45, 7) is 3.74. The standard InChI is InChI=1S/C12H15ClFNO3S/c1-3-4-5-15-12(16)10-7-9(19(13,17)18)6-8(2)11(10)14/h6-7H,3-5H2,1-2H3,(H,15,16). The summed E-state index contributed by atoms with van der Waals surface area (Å²) in [6, 6.07) is 2.05. The summed E-state index contributed by atoms with van der Waals surface area (Å²) in [7, 11) is 1.21. The normalized spacial score (nSPS) is 11.4. The summed E-state index contributed by atoms with van der Waals surface area (Å²) in [5.41, 5.74) is -0.252. The first-order chi connectivity index (χ1) is 8.77. The minimum atomic E-state index is -4.00. The van der Waals surface area contributed by atoms with Crippen molar-refractivity contribution in [2.75, 3.05) is 6.54 Å². The summed E-state index contributed by atoms with van der Waals surface area (Å²) in [5.74, 6) is -1.38. The van der Waals surface area contributed by atoms with Gasteiger partial charge in [-0.05, 0) is 31.0 Å². The lowest BCUT2D eigenvalue weighted by molar-refractivity contribution is 0.0948. The molecule has 1 amide bonds. The van der Waals surface area contributed by atoms with E-state index in [0.717, 1.165) is 25.0 Å². The Morgan fingerprint density at radius 3 is 2.58 bits per heavy atom. The molecule has 1 rings (SSSR count).